The molecule has 1 aliphatic carbocycles. The van der Waals surface area contributed by atoms with Gasteiger partial charge in [-0.3, -0.25) is 0 Å². The van der Waals surface area contributed by atoms with E-state index >= 15 is 0 Å². The first-order chi connectivity index (χ1) is 19.7. The second-order valence-electron chi connectivity index (χ2n) is 9.82. The second-order valence-corrected chi connectivity index (χ2v) is 14.5. The molecule has 0 saturated heterocycles. The van der Waals surface area contributed by atoms with Crippen molar-refractivity contribution < 1.29 is 20.8 Å². The molecule has 40 heavy (non-hydrogen) atoms. The van der Waals surface area contributed by atoms with E-state index in [1.165, 1.54) is 81.8 Å². The van der Waals surface area contributed by atoms with Crippen LogP contribution in [-0.4, -0.2) is 9.52 Å². The van der Waals surface area contributed by atoms with Gasteiger partial charge in [0.15, 0.2) is 0 Å². The summed E-state index contributed by atoms with van der Waals surface area (Å²) in [6.07, 6.45) is 7.58. The van der Waals surface area contributed by atoms with E-state index in [0.29, 0.717) is 0 Å². The maximum atomic E-state index is 4.93. The van der Waals surface area contributed by atoms with E-state index in [9.17, 15) is 0 Å². The van der Waals surface area contributed by atoms with E-state index in [1.54, 1.807) is 0 Å². The van der Waals surface area contributed by atoms with Crippen LogP contribution in [0, 0.1) is 6.07 Å². The van der Waals surface area contributed by atoms with Crippen LogP contribution in [0.3, 0.4) is 0 Å². The molecule has 0 atom stereocenters. The number of benzene rings is 4. The van der Waals surface area contributed by atoms with Crippen LogP contribution in [0.25, 0.3) is 33.0 Å². The molecule has 204 valence electrons. The molecule has 5 aromatic carbocycles. The SMILES string of the molecule is CCCCCCc1cc2c(-c3ccccc3)cccc2[cH-]1.C[Si]C.[Cl][Zr+2][Cl].[c-]1cccc2c1Cc1ccccc1-2. The van der Waals surface area contributed by atoms with Crippen molar-refractivity contribution in [3.8, 4) is 22.3 Å². The van der Waals surface area contributed by atoms with Crippen LogP contribution in [0.15, 0.2) is 103 Å². The molecule has 0 heterocycles. The number of rotatable bonds is 6. The van der Waals surface area contributed by atoms with Gasteiger partial charge in [-0.25, -0.2) is 0 Å². The molecule has 0 spiro atoms. The summed E-state index contributed by atoms with van der Waals surface area (Å²) in [5, 5.41) is 2.77. The standard InChI is InChI=1S/C21H23.C13H9.C2H6Si.2ClH.Zr/c1-2-3-4-6-10-17-15-19-13-9-14-20(21(19)16-17)18-11-7-5-8-12-18;1-3-7-12-10(5-1)9-11-6-2-4-8-13(11)12;1-3-2;;;/h5,7-9,11-16H,2-4,6,10H2,1H3;1-5,7-8H,9H2;1-2H3;2*1H;/q2*-1;;;;+4/p-2. The summed E-state index contributed by atoms with van der Waals surface area (Å²) in [4.78, 5) is 0. The summed E-state index contributed by atoms with van der Waals surface area (Å²) in [7, 11) is 11.0. The van der Waals surface area contributed by atoms with Crippen LogP contribution in [0.2, 0.25) is 13.1 Å². The fraction of sp³-hybridized carbons (Fsp3) is 0.250. The zero-order chi connectivity index (χ0) is 28.6. The summed E-state index contributed by atoms with van der Waals surface area (Å²) in [6, 6.07) is 40.2. The maximum absolute atomic E-state index is 4.93. The van der Waals surface area contributed by atoms with Crippen molar-refractivity contribution in [3.63, 3.8) is 0 Å². The topological polar surface area (TPSA) is 0 Å². The van der Waals surface area contributed by atoms with Gasteiger partial charge >= 0.3 is 37.9 Å². The van der Waals surface area contributed by atoms with Crippen molar-refractivity contribution >= 4 is 37.3 Å². The van der Waals surface area contributed by atoms with Crippen LogP contribution < -0.4 is 0 Å². The van der Waals surface area contributed by atoms with Crippen LogP contribution in [0.5, 0.6) is 0 Å². The predicted molar refractivity (Wildman–Crippen MR) is 176 cm³/mol. The largest absolute Gasteiger partial charge is 0.179 e. The Balaban J connectivity index is 0.000000197. The zero-order valence-electron chi connectivity index (χ0n) is 23.8. The third kappa shape index (κ3) is 9.63. The average Bonchev–Trinajstić information content (AvgIpc) is 3.58. The first-order valence-electron chi connectivity index (χ1n) is 14.0. The van der Waals surface area contributed by atoms with E-state index in [2.05, 4.69) is 123 Å². The van der Waals surface area contributed by atoms with E-state index in [0.717, 1.165) is 15.9 Å². The Bertz CT molecular complexity index is 1370. The van der Waals surface area contributed by atoms with E-state index in [1.807, 2.05) is 6.07 Å². The molecule has 0 fully saturated rings. The molecule has 0 aliphatic heterocycles. The van der Waals surface area contributed by atoms with Crippen molar-refractivity contribution in [2.45, 2.75) is 58.5 Å². The molecule has 0 unspecified atom stereocenters. The van der Waals surface area contributed by atoms with Gasteiger partial charge in [-0.05, 0) is 18.4 Å². The third-order valence-corrected chi connectivity index (χ3v) is 6.83. The Morgan fingerprint density at radius 3 is 2.23 bits per heavy atom. The van der Waals surface area contributed by atoms with Crippen molar-refractivity contribution in [1.29, 1.82) is 0 Å². The third-order valence-electron chi connectivity index (χ3n) is 6.83. The van der Waals surface area contributed by atoms with Gasteiger partial charge in [0.1, 0.15) is 0 Å². The Hall–Kier alpha value is -1.83. The molecule has 0 bridgehead atoms. The van der Waals surface area contributed by atoms with Gasteiger partial charge in [-0.2, -0.15) is 35.9 Å². The van der Waals surface area contributed by atoms with Crippen molar-refractivity contribution in [1.82, 2.24) is 0 Å². The molecule has 4 heteroatoms. The molecule has 0 aromatic heterocycles. The number of hydrogen-bond acceptors (Lipinski definition) is 0. The molecule has 2 radical (unpaired) electrons. The summed E-state index contributed by atoms with van der Waals surface area (Å²) in [5.41, 5.74) is 9.67. The second kappa shape index (κ2) is 18.6. The monoisotopic (exact) mass is 658 g/mol. The molecule has 0 nitrogen and oxygen atoms in total. The van der Waals surface area contributed by atoms with Crippen LogP contribution in [0.4, 0.5) is 0 Å². The van der Waals surface area contributed by atoms with E-state index < -0.39 is 20.8 Å². The van der Waals surface area contributed by atoms with Crippen molar-refractivity contribution in [2.75, 3.05) is 0 Å². The van der Waals surface area contributed by atoms with Crippen LogP contribution >= 0.6 is 17.0 Å². The van der Waals surface area contributed by atoms with Gasteiger partial charge in [0.2, 0.25) is 0 Å². The van der Waals surface area contributed by atoms with Gasteiger partial charge in [-0.15, -0.1) is 40.1 Å². The zero-order valence-corrected chi connectivity index (χ0v) is 28.8. The Kier molecular flexibility index (Phi) is 15.2. The van der Waals surface area contributed by atoms with Gasteiger partial charge in [-0.1, -0.05) is 123 Å². The molecule has 6 rings (SSSR count). The van der Waals surface area contributed by atoms with Crippen molar-refractivity contribution in [2.24, 2.45) is 0 Å². The first-order valence-corrected chi connectivity index (χ1v) is 22.4. The molecular weight excluding hydrogens is 623 g/mol. The Morgan fingerprint density at radius 1 is 0.800 bits per heavy atom. The summed E-state index contributed by atoms with van der Waals surface area (Å²) >= 11 is -0.826. The Morgan fingerprint density at radius 2 is 1.48 bits per heavy atom. The predicted octanol–water partition coefficient (Wildman–Crippen LogP) is 11.6. The summed E-state index contributed by atoms with van der Waals surface area (Å²) in [6.45, 7) is 6.57. The molecule has 0 N–H and O–H groups in total. The smallest absolute Gasteiger partial charge is 0.0253 e. The van der Waals surface area contributed by atoms with Crippen molar-refractivity contribution in [3.05, 3.63) is 126 Å². The number of hydrogen-bond donors (Lipinski definition) is 0. The normalized spacial score (nSPS) is 10.5. The number of fused-ring (bicyclic) bond motifs is 4. The quantitative estimate of drug-likeness (QED) is 0.0947. The number of halogens is 2. The maximum Gasteiger partial charge on any atom is -0.0253 e. The molecule has 1 aliphatic rings. The minimum Gasteiger partial charge on any atom is -0.179 e. The van der Waals surface area contributed by atoms with Gasteiger partial charge in [0.25, 0.3) is 0 Å². The fourth-order valence-corrected chi connectivity index (χ4v) is 5.06. The van der Waals surface area contributed by atoms with Gasteiger partial charge in [0.05, 0.1) is 0 Å². The minimum atomic E-state index is -0.826. The first kappa shape index (κ1) is 32.7. The summed E-state index contributed by atoms with van der Waals surface area (Å²) < 4.78 is 0. The fourth-order valence-electron chi connectivity index (χ4n) is 5.06. The Labute approximate surface area is 263 Å². The molecule has 0 saturated carbocycles. The average molecular weight is 661 g/mol. The van der Waals surface area contributed by atoms with Gasteiger partial charge in [0, 0.05) is 9.52 Å². The molecule has 0 amide bonds. The van der Waals surface area contributed by atoms with E-state index in [4.69, 9.17) is 17.0 Å². The molecule has 5 aromatic rings. The van der Waals surface area contributed by atoms with Crippen LogP contribution in [0.1, 0.15) is 49.3 Å². The number of unbranched alkanes of at least 4 members (excludes halogenated alkanes) is 3. The van der Waals surface area contributed by atoms with Gasteiger partial charge < -0.3 is 0 Å². The number of aryl methyl sites for hydroxylation is 1. The minimum absolute atomic E-state index is 0.826. The summed E-state index contributed by atoms with van der Waals surface area (Å²) in [5.74, 6) is 0. The van der Waals surface area contributed by atoms with Crippen LogP contribution in [-0.2, 0) is 33.7 Å². The van der Waals surface area contributed by atoms with E-state index in [-0.39, 0.29) is 0 Å². The molecular formula is C36H38Cl2SiZr.